The number of nitrogens with zero attached hydrogens (tertiary/aromatic N) is 2. The van der Waals surface area contributed by atoms with Crippen LogP contribution in [0.5, 0.6) is 0 Å². The van der Waals surface area contributed by atoms with E-state index < -0.39 is 0 Å². The summed E-state index contributed by atoms with van der Waals surface area (Å²) in [4.78, 5) is 1.85. The van der Waals surface area contributed by atoms with Gasteiger partial charge in [0.1, 0.15) is 5.76 Å². The van der Waals surface area contributed by atoms with Crippen LogP contribution in [-0.2, 0) is 0 Å². The Labute approximate surface area is 77.5 Å². The first-order valence-electron chi connectivity index (χ1n) is 4.04. The number of anilines is 1. The van der Waals surface area contributed by atoms with Crippen LogP contribution >= 0.6 is 0 Å². The average Bonchev–Trinajstić information content (AvgIpc) is 2.52. The van der Waals surface area contributed by atoms with Crippen molar-refractivity contribution >= 4 is 5.88 Å². The summed E-state index contributed by atoms with van der Waals surface area (Å²) in [6, 6.07) is 5.33. The number of rotatable bonds is 3. The molecule has 0 fully saturated rings. The van der Waals surface area contributed by atoms with Crippen LogP contribution in [0.15, 0.2) is 16.5 Å². The van der Waals surface area contributed by atoms with Gasteiger partial charge in [0.2, 0.25) is 0 Å². The fourth-order valence-electron chi connectivity index (χ4n) is 0.981. The Bertz CT molecular complexity index is 311. The van der Waals surface area contributed by atoms with Crippen molar-refractivity contribution in [3.05, 3.63) is 17.9 Å². The SMILES string of the molecule is CN(C)c1ccc([C@H](N)CC#N)o1. The van der Waals surface area contributed by atoms with E-state index in [0.717, 1.165) is 5.88 Å². The van der Waals surface area contributed by atoms with Crippen LogP contribution in [0.3, 0.4) is 0 Å². The molecule has 0 bridgehead atoms. The third-order valence-corrected chi connectivity index (χ3v) is 1.73. The molecule has 0 aromatic carbocycles. The molecule has 4 heteroatoms. The Balaban J connectivity index is 2.74. The molecule has 4 nitrogen and oxygen atoms in total. The van der Waals surface area contributed by atoms with E-state index in [1.54, 1.807) is 6.07 Å². The first-order chi connectivity index (χ1) is 6.15. The lowest BCUT2D eigenvalue weighted by Crippen LogP contribution is -2.09. The molecule has 1 atom stereocenters. The second kappa shape index (κ2) is 3.97. The minimum absolute atomic E-state index is 0.278. The summed E-state index contributed by atoms with van der Waals surface area (Å²) < 4.78 is 5.41. The van der Waals surface area contributed by atoms with Gasteiger partial charge >= 0.3 is 0 Å². The van der Waals surface area contributed by atoms with Crippen molar-refractivity contribution in [3.63, 3.8) is 0 Å². The molecule has 1 aromatic heterocycles. The third-order valence-electron chi connectivity index (χ3n) is 1.73. The van der Waals surface area contributed by atoms with E-state index in [1.807, 2.05) is 31.1 Å². The smallest absolute Gasteiger partial charge is 0.195 e. The minimum Gasteiger partial charge on any atom is -0.444 e. The van der Waals surface area contributed by atoms with Crippen molar-refractivity contribution in [3.8, 4) is 6.07 Å². The number of nitriles is 1. The molecular formula is C9H13N3O. The van der Waals surface area contributed by atoms with Gasteiger partial charge in [-0.3, -0.25) is 0 Å². The van der Waals surface area contributed by atoms with E-state index in [4.69, 9.17) is 15.4 Å². The highest BCUT2D eigenvalue weighted by Crippen LogP contribution is 2.21. The van der Waals surface area contributed by atoms with Crippen molar-refractivity contribution in [2.75, 3.05) is 19.0 Å². The lowest BCUT2D eigenvalue weighted by atomic mass is 10.2. The Morgan fingerprint density at radius 1 is 1.62 bits per heavy atom. The van der Waals surface area contributed by atoms with Crippen molar-refractivity contribution in [1.82, 2.24) is 0 Å². The van der Waals surface area contributed by atoms with E-state index in [1.165, 1.54) is 0 Å². The largest absolute Gasteiger partial charge is 0.444 e. The van der Waals surface area contributed by atoms with Crippen LogP contribution < -0.4 is 10.6 Å². The number of hydrogen-bond acceptors (Lipinski definition) is 4. The van der Waals surface area contributed by atoms with Gasteiger partial charge in [-0.2, -0.15) is 5.26 Å². The van der Waals surface area contributed by atoms with Crippen molar-refractivity contribution in [1.29, 1.82) is 5.26 Å². The van der Waals surface area contributed by atoms with Gasteiger partial charge in [-0.15, -0.1) is 0 Å². The molecule has 0 aliphatic carbocycles. The van der Waals surface area contributed by atoms with Gasteiger partial charge in [-0.25, -0.2) is 0 Å². The predicted molar refractivity (Wildman–Crippen MR) is 50.2 cm³/mol. The number of hydrogen-bond donors (Lipinski definition) is 1. The van der Waals surface area contributed by atoms with Crippen LogP contribution in [0, 0.1) is 11.3 Å². The molecule has 0 spiro atoms. The lowest BCUT2D eigenvalue weighted by Gasteiger charge is -2.07. The number of furan rings is 1. The summed E-state index contributed by atoms with van der Waals surface area (Å²) in [7, 11) is 3.77. The monoisotopic (exact) mass is 179 g/mol. The Morgan fingerprint density at radius 2 is 2.31 bits per heavy atom. The predicted octanol–water partition coefficient (Wildman–Crippen LogP) is 1.26. The Kier molecular flexibility index (Phi) is 2.93. The standard InChI is InChI=1S/C9H13N3O/c1-12(2)9-4-3-8(13-9)7(11)5-6-10/h3-4,7H,5,11H2,1-2H3/t7-/m1/s1. The van der Waals surface area contributed by atoms with Crippen LogP contribution in [-0.4, -0.2) is 14.1 Å². The van der Waals surface area contributed by atoms with Crippen molar-refractivity contribution in [2.24, 2.45) is 5.73 Å². The van der Waals surface area contributed by atoms with Gasteiger partial charge in [0, 0.05) is 20.2 Å². The first-order valence-corrected chi connectivity index (χ1v) is 4.04. The summed E-state index contributed by atoms with van der Waals surface area (Å²) in [6.07, 6.45) is 0.278. The van der Waals surface area contributed by atoms with Crippen LogP contribution in [0.1, 0.15) is 18.2 Å². The molecule has 0 aliphatic heterocycles. The Morgan fingerprint density at radius 3 is 2.77 bits per heavy atom. The zero-order valence-electron chi connectivity index (χ0n) is 7.82. The van der Waals surface area contributed by atoms with E-state index >= 15 is 0 Å². The van der Waals surface area contributed by atoms with Gasteiger partial charge < -0.3 is 15.1 Å². The molecule has 0 amide bonds. The molecule has 70 valence electrons. The molecular weight excluding hydrogens is 166 g/mol. The minimum atomic E-state index is -0.321. The zero-order chi connectivity index (χ0) is 9.84. The van der Waals surface area contributed by atoms with Gasteiger partial charge in [-0.05, 0) is 6.07 Å². The molecule has 0 saturated carbocycles. The van der Waals surface area contributed by atoms with Gasteiger partial charge in [0.15, 0.2) is 5.88 Å². The molecule has 13 heavy (non-hydrogen) atoms. The van der Waals surface area contributed by atoms with Gasteiger partial charge in [0.05, 0.1) is 18.5 Å². The molecule has 0 aliphatic rings. The summed E-state index contributed by atoms with van der Waals surface area (Å²) in [5.74, 6) is 1.41. The maximum Gasteiger partial charge on any atom is 0.195 e. The third kappa shape index (κ3) is 2.23. The van der Waals surface area contributed by atoms with Crippen LogP contribution in [0.2, 0.25) is 0 Å². The molecule has 1 heterocycles. The first kappa shape index (κ1) is 9.62. The van der Waals surface area contributed by atoms with Gasteiger partial charge in [0.25, 0.3) is 0 Å². The fourth-order valence-corrected chi connectivity index (χ4v) is 0.981. The maximum absolute atomic E-state index is 8.43. The highest BCUT2D eigenvalue weighted by Gasteiger charge is 2.10. The molecule has 0 unspecified atom stereocenters. The summed E-state index contributed by atoms with van der Waals surface area (Å²) >= 11 is 0. The van der Waals surface area contributed by atoms with Crippen molar-refractivity contribution < 1.29 is 4.42 Å². The quantitative estimate of drug-likeness (QED) is 0.758. The van der Waals surface area contributed by atoms with E-state index in [0.29, 0.717) is 5.76 Å². The summed E-state index contributed by atoms with van der Waals surface area (Å²) in [6.45, 7) is 0. The normalized spacial score (nSPS) is 12.2. The Hall–Kier alpha value is -1.47. The highest BCUT2D eigenvalue weighted by atomic mass is 16.4. The van der Waals surface area contributed by atoms with E-state index in [9.17, 15) is 0 Å². The van der Waals surface area contributed by atoms with Crippen LogP contribution in [0.25, 0.3) is 0 Å². The molecule has 1 aromatic rings. The molecule has 1 rings (SSSR count). The number of nitrogens with two attached hydrogens (primary N) is 1. The fraction of sp³-hybridized carbons (Fsp3) is 0.444. The second-order valence-electron chi connectivity index (χ2n) is 3.04. The summed E-state index contributed by atoms with van der Waals surface area (Å²) in [5.41, 5.74) is 5.68. The van der Waals surface area contributed by atoms with E-state index in [2.05, 4.69) is 0 Å². The molecule has 0 saturated heterocycles. The van der Waals surface area contributed by atoms with Crippen LogP contribution in [0.4, 0.5) is 5.88 Å². The summed E-state index contributed by atoms with van der Waals surface area (Å²) in [5, 5.41) is 8.43. The highest BCUT2D eigenvalue weighted by molar-refractivity contribution is 5.34. The van der Waals surface area contributed by atoms with Gasteiger partial charge in [-0.1, -0.05) is 0 Å². The zero-order valence-corrected chi connectivity index (χ0v) is 7.82. The molecule has 0 radical (unpaired) electrons. The van der Waals surface area contributed by atoms with Crippen molar-refractivity contribution in [2.45, 2.75) is 12.5 Å². The molecule has 2 N–H and O–H groups in total. The lowest BCUT2D eigenvalue weighted by molar-refractivity contribution is 0.471. The average molecular weight is 179 g/mol. The van der Waals surface area contributed by atoms with E-state index in [-0.39, 0.29) is 12.5 Å². The maximum atomic E-state index is 8.43. The topological polar surface area (TPSA) is 66.2 Å². The second-order valence-corrected chi connectivity index (χ2v) is 3.04.